The maximum atomic E-state index is 12.4. The number of para-hydroxylation sites is 1. The van der Waals surface area contributed by atoms with Crippen LogP contribution in [0.5, 0.6) is 0 Å². The van der Waals surface area contributed by atoms with E-state index in [1.807, 2.05) is 12.1 Å². The first-order valence-electron chi connectivity index (χ1n) is 7.14. The number of benzene rings is 1. The summed E-state index contributed by atoms with van der Waals surface area (Å²) in [7, 11) is 0. The minimum Gasteiger partial charge on any atom is -0.381 e. The second kappa shape index (κ2) is 7.40. The first-order valence-corrected chi connectivity index (χ1v) is 8.13. The SMILES string of the molecule is CCC1CC(Nc2ccccc2SCC(F)(F)F)CCO1. The van der Waals surface area contributed by atoms with E-state index in [0.717, 1.165) is 36.7 Å². The molecule has 6 heteroatoms. The van der Waals surface area contributed by atoms with Crippen LogP contribution in [0.15, 0.2) is 29.2 Å². The van der Waals surface area contributed by atoms with Crippen LogP contribution in [0.1, 0.15) is 26.2 Å². The van der Waals surface area contributed by atoms with Crippen LogP contribution in [0.3, 0.4) is 0 Å². The van der Waals surface area contributed by atoms with Gasteiger partial charge in [-0.1, -0.05) is 19.1 Å². The molecule has 1 saturated heterocycles. The van der Waals surface area contributed by atoms with Gasteiger partial charge in [-0.25, -0.2) is 0 Å². The number of rotatable bonds is 5. The molecule has 1 fully saturated rings. The van der Waals surface area contributed by atoms with Crippen LogP contribution in [-0.4, -0.2) is 30.7 Å². The van der Waals surface area contributed by atoms with Gasteiger partial charge in [-0.15, -0.1) is 11.8 Å². The summed E-state index contributed by atoms with van der Waals surface area (Å²) < 4.78 is 42.7. The predicted molar refractivity (Wildman–Crippen MR) is 79.9 cm³/mol. The standard InChI is InChI=1S/C15H20F3NOS/c1-2-12-9-11(7-8-20-12)19-13-5-3-4-6-14(13)21-10-15(16,17)18/h3-6,11-12,19H,2,7-10H2,1H3. The molecule has 0 aromatic heterocycles. The molecule has 1 N–H and O–H groups in total. The van der Waals surface area contributed by atoms with Crippen molar-refractivity contribution >= 4 is 17.4 Å². The van der Waals surface area contributed by atoms with Gasteiger partial charge >= 0.3 is 6.18 Å². The van der Waals surface area contributed by atoms with Crippen molar-refractivity contribution in [2.75, 3.05) is 17.7 Å². The van der Waals surface area contributed by atoms with Crippen molar-refractivity contribution < 1.29 is 17.9 Å². The summed E-state index contributed by atoms with van der Waals surface area (Å²) >= 11 is 0.830. The minimum absolute atomic E-state index is 0.242. The molecule has 0 radical (unpaired) electrons. The quantitative estimate of drug-likeness (QED) is 0.794. The highest BCUT2D eigenvalue weighted by atomic mass is 32.2. The Morgan fingerprint density at radius 2 is 2.10 bits per heavy atom. The van der Waals surface area contributed by atoms with Gasteiger partial charge in [-0.05, 0) is 31.4 Å². The summed E-state index contributed by atoms with van der Waals surface area (Å²) in [5, 5.41) is 3.38. The molecule has 2 unspecified atom stereocenters. The zero-order valence-corrected chi connectivity index (χ0v) is 12.8. The van der Waals surface area contributed by atoms with Crippen molar-refractivity contribution in [3.8, 4) is 0 Å². The fourth-order valence-corrected chi connectivity index (χ4v) is 3.16. The van der Waals surface area contributed by atoms with Crippen LogP contribution in [0.25, 0.3) is 0 Å². The summed E-state index contributed by atoms with van der Waals surface area (Å²) in [5.74, 6) is -0.864. The zero-order valence-electron chi connectivity index (χ0n) is 12.0. The van der Waals surface area contributed by atoms with Crippen molar-refractivity contribution in [1.82, 2.24) is 0 Å². The van der Waals surface area contributed by atoms with Gasteiger partial charge in [0.1, 0.15) is 0 Å². The normalized spacial score (nSPS) is 23.0. The summed E-state index contributed by atoms with van der Waals surface area (Å²) in [6.07, 6.45) is -1.16. The Kier molecular flexibility index (Phi) is 5.81. The van der Waals surface area contributed by atoms with E-state index >= 15 is 0 Å². The summed E-state index contributed by atoms with van der Waals surface area (Å²) in [6, 6.07) is 7.44. The summed E-state index contributed by atoms with van der Waals surface area (Å²) in [6.45, 7) is 2.79. The lowest BCUT2D eigenvalue weighted by Crippen LogP contribution is -2.33. The lowest BCUT2D eigenvalue weighted by molar-refractivity contribution is -0.105. The molecule has 1 aliphatic heterocycles. The van der Waals surface area contributed by atoms with E-state index in [9.17, 15) is 13.2 Å². The van der Waals surface area contributed by atoms with Crippen LogP contribution < -0.4 is 5.32 Å². The lowest BCUT2D eigenvalue weighted by atomic mass is 10.0. The minimum atomic E-state index is -4.15. The van der Waals surface area contributed by atoms with Crippen molar-refractivity contribution in [1.29, 1.82) is 0 Å². The molecule has 2 nitrogen and oxygen atoms in total. The number of hydrogen-bond donors (Lipinski definition) is 1. The first-order chi connectivity index (χ1) is 9.98. The third-order valence-electron chi connectivity index (χ3n) is 3.46. The summed E-state index contributed by atoms with van der Waals surface area (Å²) in [4.78, 5) is 0.648. The van der Waals surface area contributed by atoms with E-state index in [1.165, 1.54) is 0 Å². The van der Waals surface area contributed by atoms with Gasteiger partial charge in [0.15, 0.2) is 0 Å². The zero-order chi connectivity index (χ0) is 15.3. The number of thioether (sulfide) groups is 1. The number of nitrogens with one attached hydrogen (secondary N) is 1. The lowest BCUT2D eigenvalue weighted by Gasteiger charge is -2.30. The van der Waals surface area contributed by atoms with Crippen LogP contribution in [-0.2, 0) is 4.74 Å². The van der Waals surface area contributed by atoms with Gasteiger partial charge in [0.2, 0.25) is 0 Å². The Bertz CT molecular complexity index is 453. The molecule has 2 atom stereocenters. The molecular formula is C15H20F3NOS. The molecule has 21 heavy (non-hydrogen) atoms. The molecule has 0 aliphatic carbocycles. The van der Waals surface area contributed by atoms with E-state index in [1.54, 1.807) is 12.1 Å². The predicted octanol–water partition coefficient (Wildman–Crippen LogP) is 4.71. The highest BCUT2D eigenvalue weighted by Gasteiger charge is 2.28. The van der Waals surface area contributed by atoms with E-state index in [2.05, 4.69) is 12.2 Å². The van der Waals surface area contributed by atoms with Crippen LogP contribution in [0.2, 0.25) is 0 Å². The molecule has 0 amide bonds. The van der Waals surface area contributed by atoms with Gasteiger partial charge < -0.3 is 10.1 Å². The molecular weight excluding hydrogens is 299 g/mol. The van der Waals surface area contributed by atoms with Crippen LogP contribution >= 0.6 is 11.8 Å². The first kappa shape index (κ1) is 16.5. The number of hydrogen-bond acceptors (Lipinski definition) is 3. The number of anilines is 1. The Hall–Kier alpha value is -0.880. The topological polar surface area (TPSA) is 21.3 Å². The van der Waals surface area contributed by atoms with Gasteiger partial charge in [-0.2, -0.15) is 13.2 Å². The second-order valence-corrected chi connectivity index (χ2v) is 6.18. The second-order valence-electron chi connectivity index (χ2n) is 5.17. The van der Waals surface area contributed by atoms with E-state index < -0.39 is 11.9 Å². The van der Waals surface area contributed by atoms with E-state index in [4.69, 9.17) is 4.74 Å². The molecule has 1 heterocycles. The third-order valence-corrected chi connectivity index (χ3v) is 4.60. The van der Waals surface area contributed by atoms with Gasteiger partial charge in [0.25, 0.3) is 0 Å². The van der Waals surface area contributed by atoms with Crippen molar-refractivity contribution in [3.05, 3.63) is 24.3 Å². The molecule has 118 valence electrons. The van der Waals surface area contributed by atoms with Gasteiger partial charge in [0.05, 0.1) is 11.9 Å². The Balaban J connectivity index is 1.99. The van der Waals surface area contributed by atoms with Crippen LogP contribution in [0.4, 0.5) is 18.9 Å². The van der Waals surface area contributed by atoms with E-state index in [0.29, 0.717) is 11.5 Å². The average Bonchev–Trinajstić information content (AvgIpc) is 2.46. The Morgan fingerprint density at radius 3 is 2.81 bits per heavy atom. The fraction of sp³-hybridized carbons (Fsp3) is 0.600. The van der Waals surface area contributed by atoms with Crippen molar-refractivity contribution in [2.24, 2.45) is 0 Å². The number of halogens is 3. The molecule has 1 aromatic carbocycles. The molecule has 0 bridgehead atoms. The monoisotopic (exact) mass is 319 g/mol. The Labute approximate surface area is 127 Å². The smallest absolute Gasteiger partial charge is 0.381 e. The highest BCUT2D eigenvalue weighted by molar-refractivity contribution is 7.99. The fourth-order valence-electron chi connectivity index (χ4n) is 2.39. The van der Waals surface area contributed by atoms with Crippen LogP contribution in [0, 0.1) is 0 Å². The molecule has 0 spiro atoms. The number of alkyl halides is 3. The maximum Gasteiger partial charge on any atom is 0.398 e. The van der Waals surface area contributed by atoms with Crippen molar-refractivity contribution in [2.45, 2.75) is 49.4 Å². The van der Waals surface area contributed by atoms with Crippen molar-refractivity contribution in [3.63, 3.8) is 0 Å². The van der Waals surface area contributed by atoms with Gasteiger partial charge in [0, 0.05) is 23.2 Å². The largest absolute Gasteiger partial charge is 0.398 e. The average molecular weight is 319 g/mol. The molecule has 1 aromatic rings. The maximum absolute atomic E-state index is 12.4. The molecule has 2 rings (SSSR count). The summed E-state index contributed by atoms with van der Waals surface area (Å²) in [5.41, 5.74) is 0.786. The number of ether oxygens (including phenoxy) is 1. The third kappa shape index (κ3) is 5.43. The molecule has 0 saturated carbocycles. The van der Waals surface area contributed by atoms with E-state index in [-0.39, 0.29) is 12.1 Å². The van der Waals surface area contributed by atoms with Gasteiger partial charge in [-0.3, -0.25) is 0 Å². The molecule has 1 aliphatic rings. The highest BCUT2D eigenvalue weighted by Crippen LogP contribution is 2.33. The Morgan fingerprint density at radius 1 is 1.33 bits per heavy atom.